The minimum Gasteiger partial charge on any atom is -0.468 e. The van der Waals surface area contributed by atoms with Gasteiger partial charge >= 0.3 is 0 Å². The first kappa shape index (κ1) is 17.5. The molecule has 3 aromatic rings. The van der Waals surface area contributed by atoms with Gasteiger partial charge in [-0.3, -0.25) is 9.69 Å². The van der Waals surface area contributed by atoms with Crippen LogP contribution in [-0.4, -0.2) is 23.9 Å². The van der Waals surface area contributed by atoms with Gasteiger partial charge in [0.15, 0.2) is 0 Å². The monoisotopic (exact) mass is 354 g/mol. The van der Waals surface area contributed by atoms with Crippen LogP contribution >= 0.6 is 11.3 Å². The van der Waals surface area contributed by atoms with Crippen molar-refractivity contribution in [1.29, 1.82) is 0 Å². The van der Waals surface area contributed by atoms with Crippen LogP contribution in [0.5, 0.6) is 0 Å². The fraction of sp³-hybridized carbons (Fsp3) is 0.250. The van der Waals surface area contributed by atoms with Gasteiger partial charge in [0.05, 0.1) is 19.4 Å². The van der Waals surface area contributed by atoms with E-state index in [4.69, 9.17) is 4.42 Å². The Morgan fingerprint density at radius 2 is 1.92 bits per heavy atom. The normalized spacial score (nSPS) is 10.9. The van der Waals surface area contributed by atoms with E-state index in [1.54, 1.807) is 17.6 Å². The number of hydrogen-bond donors (Lipinski definition) is 1. The highest BCUT2D eigenvalue weighted by Crippen LogP contribution is 2.14. The minimum atomic E-state index is 0.0408. The molecule has 0 saturated heterocycles. The molecule has 0 radical (unpaired) electrons. The van der Waals surface area contributed by atoms with Crippen molar-refractivity contribution in [2.24, 2.45) is 0 Å². The van der Waals surface area contributed by atoms with E-state index >= 15 is 0 Å². The smallest absolute Gasteiger partial charge is 0.234 e. The fourth-order valence-corrected chi connectivity index (χ4v) is 3.41. The molecule has 0 fully saturated rings. The molecular formula is C20H22N2O2S. The van der Waals surface area contributed by atoms with Gasteiger partial charge in [-0.05, 0) is 35.6 Å². The van der Waals surface area contributed by atoms with Crippen molar-refractivity contribution in [2.75, 3.05) is 13.1 Å². The molecule has 1 N–H and O–H groups in total. The molecule has 25 heavy (non-hydrogen) atoms. The molecule has 0 aliphatic carbocycles. The van der Waals surface area contributed by atoms with Crippen LogP contribution in [0.25, 0.3) is 0 Å². The first-order valence-corrected chi connectivity index (χ1v) is 9.25. The number of benzene rings is 1. The summed E-state index contributed by atoms with van der Waals surface area (Å²) in [4.78, 5) is 15.7. The molecule has 0 bridgehead atoms. The molecular weight excluding hydrogens is 332 g/mol. The van der Waals surface area contributed by atoms with E-state index in [2.05, 4.69) is 33.8 Å². The number of furan rings is 1. The molecule has 1 aromatic carbocycles. The number of nitrogens with one attached hydrogen (secondary N) is 1. The molecule has 3 rings (SSSR count). The fourth-order valence-electron chi connectivity index (χ4n) is 2.66. The second kappa shape index (κ2) is 9.20. The predicted octanol–water partition coefficient (Wildman–Crippen LogP) is 3.70. The maximum atomic E-state index is 12.3. The quantitative estimate of drug-likeness (QED) is 0.637. The minimum absolute atomic E-state index is 0.0408. The summed E-state index contributed by atoms with van der Waals surface area (Å²) in [6.07, 6.45) is 2.51. The zero-order valence-corrected chi connectivity index (χ0v) is 14.9. The van der Waals surface area contributed by atoms with Gasteiger partial charge in [-0.15, -0.1) is 11.3 Å². The number of carbonyl (C=O) groups excluding carboxylic acids is 1. The van der Waals surface area contributed by atoms with E-state index in [9.17, 15) is 4.79 Å². The van der Waals surface area contributed by atoms with Crippen molar-refractivity contribution in [2.45, 2.75) is 19.5 Å². The highest BCUT2D eigenvalue weighted by Gasteiger charge is 2.13. The summed E-state index contributed by atoms with van der Waals surface area (Å²) in [5, 5.41) is 5.07. The molecule has 5 heteroatoms. The molecule has 0 unspecified atom stereocenters. The third kappa shape index (κ3) is 5.89. The molecule has 1 amide bonds. The Morgan fingerprint density at radius 3 is 2.64 bits per heavy atom. The van der Waals surface area contributed by atoms with Gasteiger partial charge < -0.3 is 9.73 Å². The van der Waals surface area contributed by atoms with E-state index < -0.39 is 0 Å². The highest BCUT2D eigenvalue weighted by atomic mass is 32.1. The summed E-state index contributed by atoms with van der Waals surface area (Å²) in [6.45, 7) is 2.37. The standard InChI is InChI=1S/C20H22N2O2S/c23-20(21-11-10-17-6-2-1-3-7-17)16-22(14-18-8-4-12-24-18)15-19-9-5-13-25-19/h1-9,12-13H,10-11,14-16H2,(H,21,23). The average Bonchev–Trinajstić information content (AvgIpc) is 3.30. The molecule has 0 spiro atoms. The summed E-state index contributed by atoms with van der Waals surface area (Å²) >= 11 is 1.70. The zero-order valence-electron chi connectivity index (χ0n) is 14.1. The topological polar surface area (TPSA) is 45.5 Å². The van der Waals surface area contributed by atoms with E-state index in [1.165, 1.54) is 10.4 Å². The van der Waals surface area contributed by atoms with Gasteiger partial charge in [-0.1, -0.05) is 36.4 Å². The lowest BCUT2D eigenvalue weighted by Gasteiger charge is -2.20. The number of rotatable bonds is 9. The Labute approximate surface area is 152 Å². The first-order chi connectivity index (χ1) is 12.3. The van der Waals surface area contributed by atoms with Crippen molar-refractivity contribution in [3.05, 3.63) is 82.4 Å². The summed E-state index contributed by atoms with van der Waals surface area (Å²) in [5.41, 5.74) is 1.23. The second-order valence-electron chi connectivity index (χ2n) is 5.89. The Balaban J connectivity index is 1.50. The van der Waals surface area contributed by atoms with E-state index in [0.717, 1.165) is 18.7 Å². The Bertz CT molecular complexity index is 703. The molecule has 0 aliphatic rings. The summed E-state index contributed by atoms with van der Waals surface area (Å²) in [6, 6.07) is 18.1. The van der Waals surface area contributed by atoms with Crippen LogP contribution in [0, 0.1) is 0 Å². The largest absolute Gasteiger partial charge is 0.468 e. The number of amides is 1. The lowest BCUT2D eigenvalue weighted by molar-refractivity contribution is -0.122. The van der Waals surface area contributed by atoms with Crippen LogP contribution in [0.4, 0.5) is 0 Å². The van der Waals surface area contributed by atoms with Gasteiger partial charge in [0.2, 0.25) is 5.91 Å². The predicted molar refractivity (Wildman–Crippen MR) is 100 cm³/mol. The molecule has 4 nitrogen and oxygen atoms in total. The molecule has 0 saturated carbocycles. The molecule has 130 valence electrons. The summed E-state index contributed by atoms with van der Waals surface area (Å²) in [5.74, 6) is 0.910. The highest BCUT2D eigenvalue weighted by molar-refractivity contribution is 7.09. The average molecular weight is 354 g/mol. The Kier molecular flexibility index (Phi) is 6.42. The van der Waals surface area contributed by atoms with Crippen LogP contribution in [0.2, 0.25) is 0 Å². The second-order valence-corrected chi connectivity index (χ2v) is 6.92. The van der Waals surface area contributed by atoms with Crippen LogP contribution in [0.1, 0.15) is 16.2 Å². The number of carbonyl (C=O) groups is 1. The molecule has 0 aliphatic heterocycles. The number of thiophene rings is 1. The van der Waals surface area contributed by atoms with Crippen LogP contribution < -0.4 is 5.32 Å². The van der Waals surface area contributed by atoms with Crippen molar-refractivity contribution in [1.82, 2.24) is 10.2 Å². The van der Waals surface area contributed by atoms with Gasteiger partial charge in [0, 0.05) is 18.0 Å². The van der Waals surface area contributed by atoms with Crippen molar-refractivity contribution in [3.8, 4) is 0 Å². The van der Waals surface area contributed by atoms with Crippen LogP contribution in [0.3, 0.4) is 0 Å². The third-order valence-corrected chi connectivity index (χ3v) is 4.73. The summed E-state index contributed by atoms with van der Waals surface area (Å²) < 4.78 is 5.43. The molecule has 0 atom stereocenters. The first-order valence-electron chi connectivity index (χ1n) is 8.37. The van der Waals surface area contributed by atoms with Crippen molar-refractivity contribution >= 4 is 17.2 Å². The number of hydrogen-bond acceptors (Lipinski definition) is 4. The SMILES string of the molecule is O=C(CN(Cc1ccco1)Cc1cccs1)NCCc1ccccc1. The molecule has 2 aromatic heterocycles. The van der Waals surface area contributed by atoms with Gasteiger partial charge in [0.25, 0.3) is 0 Å². The molecule has 2 heterocycles. The van der Waals surface area contributed by atoms with Crippen LogP contribution in [0.15, 0.2) is 70.7 Å². The number of nitrogens with zero attached hydrogens (tertiary/aromatic N) is 1. The van der Waals surface area contributed by atoms with E-state index in [1.807, 2.05) is 36.4 Å². The maximum Gasteiger partial charge on any atom is 0.234 e. The zero-order chi connectivity index (χ0) is 17.3. The Morgan fingerprint density at radius 1 is 1.04 bits per heavy atom. The van der Waals surface area contributed by atoms with E-state index in [-0.39, 0.29) is 5.91 Å². The maximum absolute atomic E-state index is 12.3. The van der Waals surface area contributed by atoms with Crippen molar-refractivity contribution in [3.63, 3.8) is 0 Å². The van der Waals surface area contributed by atoms with Gasteiger partial charge in [0.1, 0.15) is 5.76 Å². The van der Waals surface area contributed by atoms with Crippen molar-refractivity contribution < 1.29 is 9.21 Å². The van der Waals surface area contributed by atoms with E-state index in [0.29, 0.717) is 19.6 Å². The van der Waals surface area contributed by atoms with Gasteiger partial charge in [-0.25, -0.2) is 0 Å². The van der Waals surface area contributed by atoms with Crippen LogP contribution in [-0.2, 0) is 24.3 Å². The lowest BCUT2D eigenvalue weighted by atomic mass is 10.1. The lowest BCUT2D eigenvalue weighted by Crippen LogP contribution is -2.37. The summed E-state index contributed by atoms with van der Waals surface area (Å²) in [7, 11) is 0. The third-order valence-electron chi connectivity index (χ3n) is 3.86. The van der Waals surface area contributed by atoms with Gasteiger partial charge in [-0.2, -0.15) is 0 Å². The Hall–Kier alpha value is -2.37.